The molecule has 0 aliphatic carbocycles. The number of amides is 3. The van der Waals surface area contributed by atoms with Gasteiger partial charge < -0.3 is 15.1 Å². The molecular weight excluding hydrogens is 342 g/mol. The number of carbonyl (C=O) groups excluding carboxylic acids is 3. The molecule has 148 valence electrons. The Hall–Kier alpha value is -2.37. The molecule has 6 nitrogen and oxygen atoms in total. The fourth-order valence-electron chi connectivity index (χ4n) is 3.32. The van der Waals surface area contributed by atoms with Crippen molar-refractivity contribution in [1.82, 2.24) is 15.1 Å². The van der Waals surface area contributed by atoms with Gasteiger partial charge in [-0.05, 0) is 33.6 Å². The van der Waals surface area contributed by atoms with Crippen molar-refractivity contribution in [2.45, 2.75) is 52.5 Å². The van der Waals surface area contributed by atoms with Crippen molar-refractivity contribution in [3.8, 4) is 0 Å². The molecule has 1 aromatic carbocycles. The van der Waals surface area contributed by atoms with E-state index < -0.39 is 0 Å². The molecule has 1 aliphatic heterocycles. The first-order valence-corrected chi connectivity index (χ1v) is 9.87. The number of nitrogens with one attached hydrogen (secondary N) is 1. The second-order valence-electron chi connectivity index (χ2n) is 7.07. The van der Waals surface area contributed by atoms with Crippen LogP contribution in [-0.2, 0) is 4.79 Å². The number of hydrogen-bond acceptors (Lipinski definition) is 3. The number of Topliss-reactive ketones (excluding diaryl/α,β-unsaturated/α-hetero) is 1. The number of hydrogen-bond donors (Lipinski definition) is 1. The van der Waals surface area contributed by atoms with Crippen LogP contribution in [-0.4, -0.2) is 59.7 Å². The van der Waals surface area contributed by atoms with Gasteiger partial charge in [0.2, 0.25) is 5.91 Å². The van der Waals surface area contributed by atoms with E-state index in [2.05, 4.69) is 5.32 Å². The molecule has 1 heterocycles. The zero-order chi connectivity index (χ0) is 19.8. The number of nitrogens with zero attached hydrogens (tertiary/aromatic N) is 2. The standard InChI is InChI=1S/C21H31N3O3/c1-4-23(5-2)21(27)24-14-12-18(13-15-24)22-20(26)11-10-19(25)17-8-6-16(3)7-9-17/h6-9,18H,4-5,10-15H2,1-3H3,(H,22,26). The second-order valence-corrected chi connectivity index (χ2v) is 7.07. The van der Waals surface area contributed by atoms with Crippen LogP contribution < -0.4 is 5.32 Å². The maximum Gasteiger partial charge on any atom is 0.319 e. The third-order valence-electron chi connectivity index (χ3n) is 5.12. The summed E-state index contributed by atoms with van der Waals surface area (Å²) in [5.41, 5.74) is 1.76. The molecule has 1 aromatic rings. The third kappa shape index (κ3) is 6.08. The molecule has 0 aromatic heterocycles. The number of carbonyl (C=O) groups is 3. The van der Waals surface area contributed by atoms with Crippen molar-refractivity contribution < 1.29 is 14.4 Å². The number of urea groups is 1. The van der Waals surface area contributed by atoms with Crippen LogP contribution in [0, 0.1) is 6.92 Å². The number of piperidine rings is 1. The minimum absolute atomic E-state index is 0.00945. The Morgan fingerprint density at radius 1 is 1.04 bits per heavy atom. The average Bonchev–Trinajstić information content (AvgIpc) is 2.68. The molecular formula is C21H31N3O3. The van der Waals surface area contributed by atoms with Crippen molar-refractivity contribution >= 4 is 17.7 Å². The van der Waals surface area contributed by atoms with Crippen LogP contribution in [0.5, 0.6) is 0 Å². The van der Waals surface area contributed by atoms with Gasteiger partial charge in [-0.3, -0.25) is 9.59 Å². The smallest absolute Gasteiger partial charge is 0.319 e. The quantitative estimate of drug-likeness (QED) is 0.747. The summed E-state index contributed by atoms with van der Waals surface area (Å²) in [6.45, 7) is 8.66. The summed E-state index contributed by atoms with van der Waals surface area (Å²) in [4.78, 5) is 40.4. The van der Waals surface area contributed by atoms with Gasteiger partial charge in [0.05, 0.1) is 0 Å². The highest BCUT2D eigenvalue weighted by Crippen LogP contribution is 2.13. The van der Waals surface area contributed by atoms with Crippen LogP contribution in [0.25, 0.3) is 0 Å². The summed E-state index contributed by atoms with van der Waals surface area (Å²) >= 11 is 0. The number of rotatable bonds is 7. The lowest BCUT2D eigenvalue weighted by molar-refractivity contribution is -0.122. The van der Waals surface area contributed by atoms with E-state index >= 15 is 0 Å². The topological polar surface area (TPSA) is 69.7 Å². The number of ketones is 1. The van der Waals surface area contributed by atoms with E-state index in [1.165, 1.54) is 0 Å². The summed E-state index contributed by atoms with van der Waals surface area (Å²) < 4.78 is 0. The Balaban J connectivity index is 1.72. The number of benzene rings is 1. The largest absolute Gasteiger partial charge is 0.353 e. The summed E-state index contributed by atoms with van der Waals surface area (Å²) in [5.74, 6) is -0.103. The monoisotopic (exact) mass is 373 g/mol. The van der Waals surface area contributed by atoms with Gasteiger partial charge >= 0.3 is 6.03 Å². The molecule has 1 N–H and O–H groups in total. The Labute approximate surface area is 161 Å². The lowest BCUT2D eigenvalue weighted by Gasteiger charge is -2.35. The molecule has 27 heavy (non-hydrogen) atoms. The highest BCUT2D eigenvalue weighted by molar-refractivity contribution is 5.98. The molecule has 6 heteroatoms. The maximum absolute atomic E-state index is 12.3. The predicted octanol–water partition coefficient (Wildman–Crippen LogP) is 3.00. The van der Waals surface area contributed by atoms with E-state index in [0.717, 1.165) is 18.4 Å². The molecule has 0 radical (unpaired) electrons. The van der Waals surface area contributed by atoms with E-state index in [-0.39, 0.29) is 36.6 Å². The van der Waals surface area contributed by atoms with Crippen molar-refractivity contribution in [3.63, 3.8) is 0 Å². The van der Waals surface area contributed by atoms with Gasteiger partial charge in [-0.25, -0.2) is 4.79 Å². The number of likely N-dealkylation sites (tertiary alicyclic amines) is 1. The summed E-state index contributed by atoms with van der Waals surface area (Å²) in [6.07, 6.45) is 1.93. The van der Waals surface area contributed by atoms with Gasteiger partial charge in [0.25, 0.3) is 0 Å². The van der Waals surface area contributed by atoms with Crippen molar-refractivity contribution in [2.75, 3.05) is 26.2 Å². The fourth-order valence-corrected chi connectivity index (χ4v) is 3.32. The third-order valence-corrected chi connectivity index (χ3v) is 5.12. The lowest BCUT2D eigenvalue weighted by Crippen LogP contribution is -2.50. The minimum Gasteiger partial charge on any atom is -0.353 e. The minimum atomic E-state index is -0.0935. The van der Waals surface area contributed by atoms with Gasteiger partial charge in [0.15, 0.2) is 5.78 Å². The van der Waals surface area contributed by atoms with Crippen LogP contribution in [0.15, 0.2) is 24.3 Å². The molecule has 3 amide bonds. The average molecular weight is 373 g/mol. The normalized spacial score (nSPS) is 14.7. The SMILES string of the molecule is CCN(CC)C(=O)N1CCC(NC(=O)CCC(=O)c2ccc(C)cc2)CC1. The zero-order valence-electron chi connectivity index (χ0n) is 16.7. The maximum atomic E-state index is 12.3. The zero-order valence-corrected chi connectivity index (χ0v) is 16.7. The van der Waals surface area contributed by atoms with Gasteiger partial charge in [0, 0.05) is 50.6 Å². The van der Waals surface area contributed by atoms with Crippen LogP contribution in [0.1, 0.15) is 55.5 Å². The lowest BCUT2D eigenvalue weighted by atomic mass is 10.0. The summed E-state index contributed by atoms with van der Waals surface area (Å²) in [7, 11) is 0. The van der Waals surface area contributed by atoms with Crippen molar-refractivity contribution in [3.05, 3.63) is 35.4 Å². The molecule has 1 aliphatic rings. The fraction of sp³-hybridized carbons (Fsp3) is 0.571. The number of aryl methyl sites for hydroxylation is 1. The van der Waals surface area contributed by atoms with Crippen molar-refractivity contribution in [1.29, 1.82) is 0 Å². The first kappa shape index (κ1) is 20.9. The van der Waals surface area contributed by atoms with Crippen LogP contribution in [0.4, 0.5) is 4.79 Å². The Kier molecular flexibility index (Phi) is 7.82. The highest BCUT2D eigenvalue weighted by Gasteiger charge is 2.26. The van der Waals surface area contributed by atoms with E-state index in [4.69, 9.17) is 0 Å². The van der Waals surface area contributed by atoms with E-state index in [1.54, 1.807) is 12.1 Å². The molecule has 1 saturated heterocycles. The van der Waals surface area contributed by atoms with Crippen molar-refractivity contribution in [2.24, 2.45) is 0 Å². The van der Waals surface area contributed by atoms with Gasteiger partial charge in [-0.2, -0.15) is 0 Å². The van der Waals surface area contributed by atoms with E-state index in [0.29, 0.717) is 31.7 Å². The Bertz CT molecular complexity index is 645. The second kappa shape index (κ2) is 10.1. The van der Waals surface area contributed by atoms with Crippen LogP contribution in [0.3, 0.4) is 0 Å². The highest BCUT2D eigenvalue weighted by atomic mass is 16.2. The van der Waals surface area contributed by atoms with Gasteiger partial charge in [0.1, 0.15) is 0 Å². The van der Waals surface area contributed by atoms with Gasteiger partial charge in [-0.15, -0.1) is 0 Å². The molecule has 0 bridgehead atoms. The molecule has 0 unspecified atom stereocenters. The summed E-state index contributed by atoms with van der Waals surface area (Å²) in [6, 6.07) is 7.57. The molecule has 1 fully saturated rings. The van der Waals surface area contributed by atoms with Gasteiger partial charge in [-0.1, -0.05) is 29.8 Å². The predicted molar refractivity (Wildman–Crippen MR) is 106 cm³/mol. The Morgan fingerprint density at radius 3 is 2.19 bits per heavy atom. The molecule has 0 spiro atoms. The van der Waals surface area contributed by atoms with Crippen LogP contribution >= 0.6 is 0 Å². The summed E-state index contributed by atoms with van der Waals surface area (Å²) in [5, 5.41) is 3.01. The van der Waals surface area contributed by atoms with E-state index in [9.17, 15) is 14.4 Å². The Morgan fingerprint density at radius 2 is 1.63 bits per heavy atom. The first-order valence-electron chi connectivity index (χ1n) is 9.87. The molecule has 2 rings (SSSR count). The van der Waals surface area contributed by atoms with Crippen LogP contribution in [0.2, 0.25) is 0 Å². The van der Waals surface area contributed by atoms with E-state index in [1.807, 2.05) is 42.7 Å². The first-order chi connectivity index (χ1) is 12.9. The molecule has 0 atom stereocenters. The molecule has 0 saturated carbocycles.